The smallest absolute Gasteiger partial charge is 0.226 e. The van der Waals surface area contributed by atoms with E-state index in [0.717, 1.165) is 66.8 Å². The number of Topliss-reactive ketones (excluding diaryl/α,β-unsaturated/α-hetero) is 1. The van der Waals surface area contributed by atoms with Crippen molar-refractivity contribution >= 4 is 28.3 Å². The Balaban J connectivity index is 1.15. The molecule has 3 aromatic rings. The molecule has 5 rings (SSSR count). The molecule has 0 saturated carbocycles. The van der Waals surface area contributed by atoms with E-state index in [1.165, 1.54) is 12.1 Å². The van der Waals surface area contributed by atoms with Crippen LogP contribution in [0.4, 0.5) is 10.1 Å². The number of piperidine rings is 1. The lowest BCUT2D eigenvalue weighted by Crippen LogP contribution is -2.34. The van der Waals surface area contributed by atoms with Gasteiger partial charge in [-0.2, -0.15) is 0 Å². The number of likely N-dealkylation sites (tertiary alicyclic amines) is 1. The number of amides is 1. The zero-order chi connectivity index (χ0) is 22.9. The summed E-state index contributed by atoms with van der Waals surface area (Å²) in [5.74, 6) is 0.237. The highest BCUT2D eigenvalue weighted by atomic mass is 19.1. The van der Waals surface area contributed by atoms with E-state index >= 15 is 0 Å². The first-order valence-electron chi connectivity index (χ1n) is 11.8. The zero-order valence-electron chi connectivity index (χ0n) is 18.8. The number of hydrogen-bond acceptors (Lipinski definition) is 5. The van der Waals surface area contributed by atoms with E-state index in [1.54, 1.807) is 6.07 Å². The number of aromatic nitrogens is 1. The van der Waals surface area contributed by atoms with Crippen LogP contribution in [0.2, 0.25) is 0 Å². The Morgan fingerprint density at radius 2 is 1.94 bits per heavy atom. The lowest BCUT2D eigenvalue weighted by Gasteiger charge is -2.31. The number of halogens is 1. The summed E-state index contributed by atoms with van der Waals surface area (Å²) >= 11 is 0. The van der Waals surface area contributed by atoms with Gasteiger partial charge >= 0.3 is 0 Å². The van der Waals surface area contributed by atoms with Crippen molar-refractivity contribution in [1.82, 2.24) is 10.1 Å². The number of fused-ring (bicyclic) bond motifs is 2. The van der Waals surface area contributed by atoms with Crippen molar-refractivity contribution in [2.24, 2.45) is 0 Å². The number of hydrogen-bond donors (Lipinski definition) is 0. The molecule has 1 saturated heterocycles. The first kappa shape index (κ1) is 21.8. The number of nitrogens with zero attached hydrogens (tertiary/aromatic N) is 3. The monoisotopic (exact) mass is 449 g/mol. The number of carbonyl (C=O) groups excluding carboxylic acids is 2. The second kappa shape index (κ2) is 9.06. The van der Waals surface area contributed by atoms with Crippen LogP contribution in [-0.4, -0.2) is 47.9 Å². The van der Waals surface area contributed by atoms with Gasteiger partial charge in [-0.3, -0.25) is 9.59 Å². The highest BCUT2D eigenvalue weighted by Gasteiger charge is 2.27. The minimum absolute atomic E-state index is 0.127. The summed E-state index contributed by atoms with van der Waals surface area (Å²) in [4.78, 5) is 29.0. The van der Waals surface area contributed by atoms with E-state index in [9.17, 15) is 14.0 Å². The first-order chi connectivity index (χ1) is 16.0. The van der Waals surface area contributed by atoms with Crippen molar-refractivity contribution in [2.75, 3.05) is 31.1 Å². The molecule has 172 valence electrons. The van der Waals surface area contributed by atoms with Gasteiger partial charge < -0.3 is 14.3 Å². The Labute approximate surface area is 192 Å². The van der Waals surface area contributed by atoms with Gasteiger partial charge in [0.15, 0.2) is 11.4 Å². The second-order valence-electron chi connectivity index (χ2n) is 8.99. The quantitative estimate of drug-likeness (QED) is 0.510. The lowest BCUT2D eigenvalue weighted by molar-refractivity contribution is -0.118. The van der Waals surface area contributed by atoms with Gasteiger partial charge in [-0.05, 0) is 68.2 Å². The van der Waals surface area contributed by atoms with E-state index in [0.29, 0.717) is 25.0 Å². The Morgan fingerprint density at radius 3 is 2.73 bits per heavy atom. The normalized spacial score (nSPS) is 17.0. The second-order valence-corrected chi connectivity index (χ2v) is 8.99. The number of anilines is 1. The molecule has 0 aliphatic carbocycles. The Morgan fingerprint density at radius 1 is 1.12 bits per heavy atom. The lowest BCUT2D eigenvalue weighted by atomic mass is 9.91. The van der Waals surface area contributed by atoms with E-state index < -0.39 is 0 Å². The molecule has 33 heavy (non-hydrogen) atoms. The van der Waals surface area contributed by atoms with Crippen LogP contribution in [0, 0.1) is 5.82 Å². The largest absolute Gasteiger partial charge is 0.356 e. The summed E-state index contributed by atoms with van der Waals surface area (Å²) in [5.41, 5.74) is 4.17. The maximum Gasteiger partial charge on any atom is 0.226 e. The van der Waals surface area contributed by atoms with Crippen molar-refractivity contribution in [3.63, 3.8) is 0 Å². The molecule has 1 fully saturated rings. The topological polar surface area (TPSA) is 66.7 Å². The standard InChI is InChI=1S/C26H28FN3O3/c1-2-25(32)30-14-9-18-15-19(3-6-22(18)30)23(31)10-13-29-11-7-17(8-12-29)26-21-5-4-20(27)16-24(21)33-28-26/h3-6,15-17H,2,7-14H2,1H3. The summed E-state index contributed by atoms with van der Waals surface area (Å²) < 4.78 is 18.7. The molecule has 0 N–H and O–H groups in total. The summed E-state index contributed by atoms with van der Waals surface area (Å²) in [7, 11) is 0. The average Bonchev–Trinajstić information content (AvgIpc) is 3.46. The van der Waals surface area contributed by atoms with Gasteiger partial charge in [0, 0.05) is 54.6 Å². The molecule has 0 bridgehead atoms. The van der Waals surface area contributed by atoms with Crippen LogP contribution in [-0.2, 0) is 11.2 Å². The molecule has 2 aliphatic heterocycles. The predicted octanol–water partition coefficient (Wildman–Crippen LogP) is 4.72. The minimum Gasteiger partial charge on any atom is -0.356 e. The summed E-state index contributed by atoms with van der Waals surface area (Å²) in [6, 6.07) is 10.3. The third kappa shape index (κ3) is 4.29. The van der Waals surface area contributed by atoms with E-state index in [4.69, 9.17) is 4.52 Å². The molecule has 0 atom stereocenters. The van der Waals surface area contributed by atoms with Crippen LogP contribution in [0.1, 0.15) is 60.1 Å². The van der Waals surface area contributed by atoms with Gasteiger partial charge in [0.05, 0.1) is 5.69 Å². The van der Waals surface area contributed by atoms with Crippen LogP contribution < -0.4 is 4.90 Å². The van der Waals surface area contributed by atoms with Crippen molar-refractivity contribution in [3.8, 4) is 0 Å². The van der Waals surface area contributed by atoms with Gasteiger partial charge in [0.2, 0.25) is 5.91 Å². The van der Waals surface area contributed by atoms with E-state index in [-0.39, 0.29) is 23.4 Å². The fourth-order valence-electron chi connectivity index (χ4n) is 5.08. The number of ketones is 1. The summed E-state index contributed by atoms with van der Waals surface area (Å²) in [6.45, 7) is 5.09. The van der Waals surface area contributed by atoms with Gasteiger partial charge in [-0.15, -0.1) is 0 Å². The molecule has 6 nitrogen and oxygen atoms in total. The summed E-state index contributed by atoms with van der Waals surface area (Å²) in [6.07, 6.45) is 3.65. The molecule has 0 radical (unpaired) electrons. The van der Waals surface area contributed by atoms with Crippen LogP contribution in [0.5, 0.6) is 0 Å². The fourth-order valence-corrected chi connectivity index (χ4v) is 5.08. The molecule has 2 aromatic carbocycles. The highest BCUT2D eigenvalue weighted by Crippen LogP contribution is 2.33. The maximum atomic E-state index is 13.4. The molecule has 2 aliphatic rings. The van der Waals surface area contributed by atoms with E-state index in [1.807, 2.05) is 30.0 Å². The highest BCUT2D eigenvalue weighted by molar-refractivity contribution is 5.99. The summed E-state index contributed by atoms with van der Waals surface area (Å²) in [5, 5.41) is 5.10. The Hall–Kier alpha value is -3.06. The molecule has 3 heterocycles. The molecular formula is C26H28FN3O3. The van der Waals surface area contributed by atoms with Gasteiger partial charge in [-0.25, -0.2) is 4.39 Å². The van der Waals surface area contributed by atoms with Crippen molar-refractivity contribution in [1.29, 1.82) is 0 Å². The molecule has 0 unspecified atom stereocenters. The molecule has 7 heteroatoms. The number of benzene rings is 2. The molecular weight excluding hydrogens is 421 g/mol. The van der Waals surface area contributed by atoms with Crippen LogP contribution >= 0.6 is 0 Å². The fraction of sp³-hybridized carbons (Fsp3) is 0.423. The third-order valence-electron chi connectivity index (χ3n) is 6.99. The number of rotatable bonds is 6. The maximum absolute atomic E-state index is 13.4. The van der Waals surface area contributed by atoms with E-state index in [2.05, 4.69) is 10.1 Å². The van der Waals surface area contributed by atoms with Crippen LogP contribution in [0.25, 0.3) is 11.0 Å². The Bertz CT molecular complexity index is 1200. The Kier molecular flexibility index (Phi) is 5.98. The van der Waals surface area contributed by atoms with Crippen molar-refractivity contribution in [2.45, 2.75) is 44.9 Å². The van der Waals surface area contributed by atoms with Crippen LogP contribution in [0.3, 0.4) is 0 Å². The molecule has 0 spiro atoms. The molecule has 1 amide bonds. The first-order valence-corrected chi connectivity index (χ1v) is 11.8. The molecule has 1 aromatic heterocycles. The average molecular weight is 450 g/mol. The minimum atomic E-state index is -0.320. The van der Waals surface area contributed by atoms with Gasteiger partial charge in [0.25, 0.3) is 0 Å². The van der Waals surface area contributed by atoms with Crippen molar-refractivity contribution < 1.29 is 18.5 Å². The third-order valence-corrected chi connectivity index (χ3v) is 6.99. The predicted molar refractivity (Wildman–Crippen MR) is 124 cm³/mol. The van der Waals surface area contributed by atoms with Gasteiger partial charge in [-0.1, -0.05) is 12.1 Å². The van der Waals surface area contributed by atoms with Gasteiger partial charge in [0.1, 0.15) is 5.82 Å². The van der Waals surface area contributed by atoms with Crippen LogP contribution in [0.15, 0.2) is 40.9 Å². The zero-order valence-corrected chi connectivity index (χ0v) is 18.8. The SMILES string of the molecule is CCC(=O)N1CCc2cc(C(=O)CCN3CCC(c4noc5cc(F)ccc45)CC3)ccc21. The van der Waals surface area contributed by atoms with Crippen molar-refractivity contribution in [3.05, 3.63) is 59.0 Å². The number of carbonyl (C=O) groups is 2.